The van der Waals surface area contributed by atoms with E-state index in [1.807, 2.05) is 41.1 Å². The number of benzene rings is 1. The van der Waals surface area contributed by atoms with Gasteiger partial charge in [0, 0.05) is 24.5 Å². The Morgan fingerprint density at radius 3 is 2.76 bits per heavy atom. The molecular weight excluding hydrogens is 212 g/mol. The van der Waals surface area contributed by atoms with Gasteiger partial charge in [-0.3, -0.25) is 4.79 Å². The molecular formula is C14H16N2O. The van der Waals surface area contributed by atoms with E-state index in [1.54, 1.807) is 6.20 Å². The lowest BCUT2D eigenvalue weighted by Gasteiger charge is -2.05. The highest BCUT2D eigenvalue weighted by atomic mass is 16.1. The van der Waals surface area contributed by atoms with Gasteiger partial charge in [-0.25, -0.2) is 4.98 Å². The SMILES string of the molecule is CCCn1ccnc1CC(=O)c1ccccc1. The van der Waals surface area contributed by atoms with E-state index in [9.17, 15) is 4.79 Å². The highest BCUT2D eigenvalue weighted by molar-refractivity contribution is 5.97. The van der Waals surface area contributed by atoms with Crippen LogP contribution in [0, 0.1) is 0 Å². The first-order valence-electron chi connectivity index (χ1n) is 5.89. The Morgan fingerprint density at radius 2 is 2.06 bits per heavy atom. The zero-order valence-corrected chi connectivity index (χ0v) is 9.97. The Morgan fingerprint density at radius 1 is 1.29 bits per heavy atom. The van der Waals surface area contributed by atoms with E-state index in [0.717, 1.165) is 24.4 Å². The van der Waals surface area contributed by atoms with E-state index >= 15 is 0 Å². The van der Waals surface area contributed by atoms with Crippen molar-refractivity contribution in [2.75, 3.05) is 0 Å². The molecule has 0 saturated carbocycles. The molecule has 0 bridgehead atoms. The summed E-state index contributed by atoms with van der Waals surface area (Å²) in [5.41, 5.74) is 0.749. The van der Waals surface area contributed by atoms with Crippen LogP contribution in [0.2, 0.25) is 0 Å². The Bertz CT molecular complexity index is 488. The number of hydrogen-bond donors (Lipinski definition) is 0. The zero-order valence-electron chi connectivity index (χ0n) is 9.97. The molecule has 0 spiro atoms. The highest BCUT2D eigenvalue weighted by Crippen LogP contribution is 2.07. The average molecular weight is 228 g/mol. The maximum Gasteiger partial charge on any atom is 0.170 e. The van der Waals surface area contributed by atoms with E-state index in [4.69, 9.17) is 0 Å². The maximum atomic E-state index is 12.0. The molecule has 88 valence electrons. The van der Waals surface area contributed by atoms with Crippen LogP contribution >= 0.6 is 0 Å². The van der Waals surface area contributed by atoms with Crippen molar-refractivity contribution in [1.29, 1.82) is 0 Å². The number of aryl methyl sites for hydroxylation is 1. The number of imidazole rings is 1. The summed E-state index contributed by atoms with van der Waals surface area (Å²) >= 11 is 0. The lowest BCUT2D eigenvalue weighted by molar-refractivity contribution is 0.0989. The van der Waals surface area contributed by atoms with Crippen LogP contribution in [0.15, 0.2) is 42.7 Å². The predicted octanol–water partition coefficient (Wildman–Crippen LogP) is 2.72. The third-order valence-corrected chi connectivity index (χ3v) is 2.68. The van der Waals surface area contributed by atoms with Gasteiger partial charge >= 0.3 is 0 Å². The van der Waals surface area contributed by atoms with Gasteiger partial charge in [-0.2, -0.15) is 0 Å². The second kappa shape index (κ2) is 5.43. The second-order valence-corrected chi connectivity index (χ2v) is 4.00. The molecule has 2 rings (SSSR count). The normalized spacial score (nSPS) is 10.4. The smallest absolute Gasteiger partial charge is 0.170 e. The number of hydrogen-bond acceptors (Lipinski definition) is 2. The summed E-state index contributed by atoms with van der Waals surface area (Å²) in [6.07, 6.45) is 5.10. The first-order chi connectivity index (χ1) is 8.31. The van der Waals surface area contributed by atoms with E-state index in [0.29, 0.717) is 6.42 Å². The largest absolute Gasteiger partial charge is 0.335 e. The lowest BCUT2D eigenvalue weighted by Crippen LogP contribution is -2.10. The molecule has 0 saturated heterocycles. The molecule has 3 nitrogen and oxygen atoms in total. The van der Waals surface area contributed by atoms with Gasteiger partial charge in [0.1, 0.15) is 5.82 Å². The van der Waals surface area contributed by atoms with Crippen molar-refractivity contribution in [3.8, 4) is 0 Å². The summed E-state index contributed by atoms with van der Waals surface area (Å²) in [5, 5.41) is 0. The summed E-state index contributed by atoms with van der Waals surface area (Å²) in [6.45, 7) is 3.03. The van der Waals surface area contributed by atoms with Gasteiger partial charge < -0.3 is 4.57 Å². The molecule has 0 aliphatic rings. The summed E-state index contributed by atoms with van der Waals surface area (Å²) in [7, 11) is 0. The molecule has 0 fully saturated rings. The molecule has 0 radical (unpaired) electrons. The van der Waals surface area contributed by atoms with Crippen molar-refractivity contribution >= 4 is 5.78 Å². The van der Waals surface area contributed by atoms with Gasteiger partial charge in [0.2, 0.25) is 0 Å². The van der Waals surface area contributed by atoms with Gasteiger partial charge in [-0.05, 0) is 6.42 Å². The first-order valence-corrected chi connectivity index (χ1v) is 5.89. The van der Waals surface area contributed by atoms with Crippen molar-refractivity contribution in [2.24, 2.45) is 0 Å². The topological polar surface area (TPSA) is 34.9 Å². The van der Waals surface area contributed by atoms with E-state index in [-0.39, 0.29) is 5.78 Å². The van der Waals surface area contributed by atoms with Crippen molar-refractivity contribution in [1.82, 2.24) is 9.55 Å². The number of carbonyl (C=O) groups excluding carboxylic acids is 1. The predicted molar refractivity (Wildman–Crippen MR) is 67.0 cm³/mol. The molecule has 3 heteroatoms. The van der Waals surface area contributed by atoms with Crippen molar-refractivity contribution in [3.05, 3.63) is 54.1 Å². The van der Waals surface area contributed by atoms with Gasteiger partial charge in [0.15, 0.2) is 5.78 Å². The van der Waals surface area contributed by atoms with Gasteiger partial charge in [0.05, 0.1) is 6.42 Å². The quantitative estimate of drug-likeness (QED) is 0.737. The molecule has 1 aromatic carbocycles. The Hall–Kier alpha value is -1.90. The molecule has 0 amide bonds. The minimum absolute atomic E-state index is 0.120. The molecule has 0 unspecified atom stereocenters. The van der Waals surface area contributed by atoms with Gasteiger partial charge in [0.25, 0.3) is 0 Å². The minimum Gasteiger partial charge on any atom is -0.335 e. The number of nitrogens with zero attached hydrogens (tertiary/aromatic N) is 2. The number of Topliss-reactive ketones (excluding diaryl/α,β-unsaturated/α-hetero) is 1. The lowest BCUT2D eigenvalue weighted by atomic mass is 10.1. The van der Waals surface area contributed by atoms with Crippen LogP contribution < -0.4 is 0 Å². The van der Waals surface area contributed by atoms with E-state index in [1.165, 1.54) is 0 Å². The van der Waals surface area contributed by atoms with Crippen LogP contribution in [-0.2, 0) is 13.0 Å². The third-order valence-electron chi connectivity index (χ3n) is 2.68. The van der Waals surface area contributed by atoms with Crippen LogP contribution in [-0.4, -0.2) is 15.3 Å². The van der Waals surface area contributed by atoms with Crippen molar-refractivity contribution in [3.63, 3.8) is 0 Å². The first kappa shape index (κ1) is 11.6. The number of rotatable bonds is 5. The molecule has 2 aromatic rings. The molecule has 0 atom stereocenters. The Balaban J connectivity index is 2.11. The van der Waals surface area contributed by atoms with Gasteiger partial charge in [-0.15, -0.1) is 0 Å². The highest BCUT2D eigenvalue weighted by Gasteiger charge is 2.10. The molecule has 0 N–H and O–H groups in total. The number of carbonyl (C=O) groups is 1. The van der Waals surface area contributed by atoms with Crippen LogP contribution in [0.25, 0.3) is 0 Å². The van der Waals surface area contributed by atoms with Crippen LogP contribution in [0.1, 0.15) is 29.5 Å². The zero-order chi connectivity index (χ0) is 12.1. The van der Waals surface area contributed by atoms with Crippen LogP contribution in [0.3, 0.4) is 0 Å². The molecule has 1 aromatic heterocycles. The minimum atomic E-state index is 0.120. The second-order valence-electron chi connectivity index (χ2n) is 4.00. The molecule has 17 heavy (non-hydrogen) atoms. The van der Waals surface area contributed by atoms with E-state index in [2.05, 4.69) is 11.9 Å². The number of ketones is 1. The standard InChI is InChI=1S/C14H16N2O/c1-2-9-16-10-8-15-14(16)11-13(17)12-6-4-3-5-7-12/h3-8,10H,2,9,11H2,1H3. The fourth-order valence-corrected chi connectivity index (χ4v) is 1.82. The van der Waals surface area contributed by atoms with E-state index < -0.39 is 0 Å². The summed E-state index contributed by atoms with van der Waals surface area (Å²) in [6, 6.07) is 9.36. The van der Waals surface area contributed by atoms with Crippen molar-refractivity contribution < 1.29 is 4.79 Å². The van der Waals surface area contributed by atoms with Gasteiger partial charge in [-0.1, -0.05) is 37.3 Å². The molecule has 1 heterocycles. The summed E-state index contributed by atoms with van der Waals surface area (Å²) < 4.78 is 2.04. The van der Waals surface area contributed by atoms with Crippen LogP contribution in [0.5, 0.6) is 0 Å². The monoisotopic (exact) mass is 228 g/mol. The summed E-state index contributed by atoms with van der Waals surface area (Å²) in [5.74, 6) is 0.967. The van der Waals surface area contributed by atoms with Crippen LogP contribution in [0.4, 0.5) is 0 Å². The fraction of sp³-hybridized carbons (Fsp3) is 0.286. The Kier molecular flexibility index (Phi) is 3.70. The molecule has 0 aliphatic carbocycles. The average Bonchev–Trinajstić information content (AvgIpc) is 2.78. The Labute approximate surface area is 101 Å². The third kappa shape index (κ3) is 2.81. The number of aromatic nitrogens is 2. The fourth-order valence-electron chi connectivity index (χ4n) is 1.82. The van der Waals surface area contributed by atoms with Crippen molar-refractivity contribution in [2.45, 2.75) is 26.3 Å². The summed E-state index contributed by atoms with van der Waals surface area (Å²) in [4.78, 5) is 16.3. The molecule has 0 aliphatic heterocycles. The maximum absolute atomic E-state index is 12.0.